The van der Waals surface area contributed by atoms with Gasteiger partial charge < -0.3 is 4.90 Å². The van der Waals surface area contributed by atoms with Gasteiger partial charge in [-0.2, -0.15) is 13.2 Å². The Labute approximate surface area is 101 Å². The number of halogens is 4. The predicted molar refractivity (Wildman–Crippen MR) is 58.3 cm³/mol. The molecule has 0 aromatic heterocycles. The average molecular weight is 300 g/mol. The third-order valence-corrected chi connectivity index (χ3v) is 2.71. The van der Waals surface area contributed by atoms with Gasteiger partial charge in [0.25, 0.3) is 0 Å². The molecular weight excluding hydrogens is 287 g/mol. The van der Waals surface area contributed by atoms with Crippen LogP contribution in [0, 0.1) is 0 Å². The maximum atomic E-state index is 12.3. The lowest BCUT2D eigenvalue weighted by Gasteiger charge is -2.31. The van der Waals surface area contributed by atoms with E-state index in [0.29, 0.717) is 0 Å². The molecule has 0 fully saturated rings. The molecule has 0 atom stereocenters. The van der Waals surface area contributed by atoms with Gasteiger partial charge in [0.1, 0.15) is 0 Å². The van der Waals surface area contributed by atoms with Gasteiger partial charge in [-0.25, -0.2) is 0 Å². The van der Waals surface area contributed by atoms with Crippen LogP contribution < -0.4 is 0 Å². The Balaban J connectivity index is 2.69. The van der Waals surface area contributed by atoms with Crippen LogP contribution in [0.1, 0.15) is 20.3 Å². The zero-order valence-corrected chi connectivity index (χ0v) is 10.7. The topological polar surface area (TPSA) is 20.3 Å². The van der Waals surface area contributed by atoms with Crippen molar-refractivity contribution in [2.75, 3.05) is 13.1 Å². The lowest BCUT2D eigenvalue weighted by Crippen LogP contribution is -2.44. The van der Waals surface area contributed by atoms with Crippen LogP contribution in [0.5, 0.6) is 0 Å². The van der Waals surface area contributed by atoms with E-state index < -0.39 is 16.1 Å². The van der Waals surface area contributed by atoms with Crippen LogP contribution in [-0.2, 0) is 4.79 Å². The normalized spacial score (nSPS) is 18.4. The lowest BCUT2D eigenvalue weighted by molar-refractivity contribution is -0.133. The molecule has 0 aliphatic carbocycles. The molecule has 1 aliphatic rings. The monoisotopic (exact) mass is 299 g/mol. The minimum atomic E-state index is -4.26. The van der Waals surface area contributed by atoms with Crippen molar-refractivity contribution >= 4 is 21.8 Å². The molecule has 0 aromatic rings. The highest BCUT2D eigenvalue weighted by molar-refractivity contribution is 9.10. The van der Waals surface area contributed by atoms with Crippen molar-refractivity contribution in [1.29, 1.82) is 0 Å². The first-order valence-electron chi connectivity index (χ1n) is 4.87. The van der Waals surface area contributed by atoms with E-state index in [4.69, 9.17) is 0 Å². The molecule has 1 amide bonds. The van der Waals surface area contributed by atoms with Crippen LogP contribution in [0.2, 0.25) is 0 Å². The minimum Gasteiger partial charge on any atom is -0.337 e. The summed E-state index contributed by atoms with van der Waals surface area (Å²) < 4.78 is 36.2. The van der Waals surface area contributed by atoms with Gasteiger partial charge >= 0.3 is 6.18 Å². The van der Waals surface area contributed by atoms with E-state index in [1.165, 1.54) is 4.90 Å². The van der Waals surface area contributed by atoms with Gasteiger partial charge in [-0.05, 0) is 20.3 Å². The first-order chi connectivity index (χ1) is 7.12. The number of hydrogen-bond acceptors (Lipinski definition) is 1. The van der Waals surface area contributed by atoms with Crippen molar-refractivity contribution in [3.8, 4) is 0 Å². The van der Waals surface area contributed by atoms with Crippen LogP contribution in [0.4, 0.5) is 13.2 Å². The van der Waals surface area contributed by atoms with Crippen molar-refractivity contribution in [2.24, 2.45) is 0 Å². The number of hydrogen-bond donors (Lipinski definition) is 0. The molecule has 0 aromatic carbocycles. The molecule has 0 unspecified atom stereocenters. The quantitative estimate of drug-likeness (QED) is 0.538. The second-order valence-electron chi connectivity index (χ2n) is 4.20. The number of rotatable bonds is 1. The number of alkyl halides is 4. The van der Waals surface area contributed by atoms with E-state index in [1.807, 2.05) is 0 Å². The zero-order valence-electron chi connectivity index (χ0n) is 9.07. The summed E-state index contributed by atoms with van der Waals surface area (Å²) in [6, 6.07) is 0. The largest absolute Gasteiger partial charge is 0.412 e. The van der Waals surface area contributed by atoms with Gasteiger partial charge in [0.2, 0.25) is 5.91 Å². The third-order valence-electron chi connectivity index (χ3n) is 2.37. The molecule has 1 rings (SSSR count). The lowest BCUT2D eigenvalue weighted by atomic mass is 10.1. The number of carbonyl (C=O) groups excluding carboxylic acids is 1. The molecule has 0 saturated carbocycles. The summed E-state index contributed by atoms with van der Waals surface area (Å²) in [5.41, 5.74) is -0.538. The van der Waals surface area contributed by atoms with Crippen LogP contribution in [0.3, 0.4) is 0 Å². The summed E-state index contributed by atoms with van der Waals surface area (Å²) in [5.74, 6) is -0.190. The summed E-state index contributed by atoms with van der Waals surface area (Å²) in [6.07, 6.45) is -3.31. The highest BCUT2D eigenvalue weighted by atomic mass is 79.9. The van der Waals surface area contributed by atoms with Gasteiger partial charge in [0.05, 0.1) is 4.32 Å². The Bertz CT molecular complexity index is 317. The standard InChI is InChI=1S/C10H13BrF3NO/c1-9(2,11)8(16)15-5-3-7(4-6-15)10(12,13)14/h3H,4-6H2,1-2H3. The van der Waals surface area contributed by atoms with Crippen LogP contribution >= 0.6 is 15.9 Å². The molecule has 16 heavy (non-hydrogen) atoms. The SMILES string of the molecule is CC(C)(Br)C(=O)N1CC=C(C(F)(F)F)CC1. The van der Waals surface area contributed by atoms with Gasteiger partial charge in [-0.1, -0.05) is 22.0 Å². The van der Waals surface area contributed by atoms with Crippen LogP contribution in [0.15, 0.2) is 11.6 Å². The van der Waals surface area contributed by atoms with E-state index in [1.54, 1.807) is 13.8 Å². The Kier molecular flexibility index (Phi) is 3.72. The second kappa shape index (κ2) is 4.39. The van der Waals surface area contributed by atoms with Crippen molar-refractivity contribution < 1.29 is 18.0 Å². The molecule has 1 aliphatic heterocycles. The van der Waals surface area contributed by atoms with Gasteiger partial charge in [-0.3, -0.25) is 4.79 Å². The molecule has 0 radical (unpaired) electrons. The first-order valence-corrected chi connectivity index (χ1v) is 5.66. The maximum absolute atomic E-state index is 12.3. The second-order valence-corrected chi connectivity index (χ2v) is 6.18. The Morgan fingerprint density at radius 3 is 2.31 bits per heavy atom. The molecule has 0 spiro atoms. The van der Waals surface area contributed by atoms with E-state index in [9.17, 15) is 18.0 Å². The van der Waals surface area contributed by atoms with E-state index >= 15 is 0 Å². The molecular formula is C10H13BrF3NO. The van der Waals surface area contributed by atoms with Gasteiger partial charge in [0, 0.05) is 18.7 Å². The number of carbonyl (C=O) groups is 1. The van der Waals surface area contributed by atoms with Crippen molar-refractivity contribution in [3.63, 3.8) is 0 Å². The van der Waals surface area contributed by atoms with Gasteiger partial charge in [0.15, 0.2) is 0 Å². The molecule has 1 heterocycles. The fourth-order valence-electron chi connectivity index (χ4n) is 1.49. The average Bonchev–Trinajstić information content (AvgIpc) is 2.14. The fourth-order valence-corrected chi connectivity index (χ4v) is 1.74. The summed E-state index contributed by atoms with van der Waals surface area (Å²) in [6.45, 7) is 3.51. The van der Waals surface area contributed by atoms with Crippen LogP contribution in [0.25, 0.3) is 0 Å². The smallest absolute Gasteiger partial charge is 0.337 e. The van der Waals surface area contributed by atoms with E-state index in [2.05, 4.69) is 15.9 Å². The van der Waals surface area contributed by atoms with E-state index in [-0.39, 0.29) is 25.4 Å². The molecule has 6 heteroatoms. The number of amides is 1. The summed E-state index contributed by atoms with van der Waals surface area (Å²) in [5, 5.41) is 0. The Hall–Kier alpha value is -0.520. The van der Waals surface area contributed by atoms with Gasteiger partial charge in [-0.15, -0.1) is 0 Å². The van der Waals surface area contributed by atoms with Crippen LogP contribution in [-0.4, -0.2) is 34.4 Å². The third kappa shape index (κ3) is 3.23. The molecule has 2 nitrogen and oxygen atoms in total. The van der Waals surface area contributed by atoms with Crippen molar-refractivity contribution in [2.45, 2.75) is 30.8 Å². The predicted octanol–water partition coefficient (Wildman–Crippen LogP) is 2.88. The first kappa shape index (κ1) is 13.5. The minimum absolute atomic E-state index is 0.0305. The number of nitrogens with zero attached hydrogens (tertiary/aromatic N) is 1. The van der Waals surface area contributed by atoms with Crippen molar-refractivity contribution in [1.82, 2.24) is 4.90 Å². The molecule has 92 valence electrons. The zero-order chi connectivity index (χ0) is 12.6. The fraction of sp³-hybridized carbons (Fsp3) is 0.700. The Morgan fingerprint density at radius 1 is 1.44 bits per heavy atom. The summed E-state index contributed by atoms with van der Waals surface area (Å²) in [7, 11) is 0. The summed E-state index contributed by atoms with van der Waals surface area (Å²) >= 11 is 3.20. The van der Waals surface area contributed by atoms with Crippen molar-refractivity contribution in [3.05, 3.63) is 11.6 Å². The Morgan fingerprint density at radius 2 is 2.00 bits per heavy atom. The highest BCUT2D eigenvalue weighted by Crippen LogP contribution is 2.31. The molecule has 0 N–H and O–H groups in total. The molecule has 0 bridgehead atoms. The summed E-state index contributed by atoms with van der Waals surface area (Å²) in [4.78, 5) is 13.2. The molecule has 0 saturated heterocycles. The van der Waals surface area contributed by atoms with E-state index in [0.717, 1.165) is 6.08 Å². The highest BCUT2D eigenvalue weighted by Gasteiger charge is 2.37. The maximum Gasteiger partial charge on any atom is 0.412 e.